The van der Waals surface area contributed by atoms with Crippen molar-refractivity contribution in [3.8, 4) is 0 Å². The highest BCUT2D eigenvalue weighted by Crippen LogP contribution is 2.22. The van der Waals surface area contributed by atoms with E-state index >= 15 is 0 Å². The first-order chi connectivity index (χ1) is 11.1. The summed E-state index contributed by atoms with van der Waals surface area (Å²) in [6, 6.07) is 0. The van der Waals surface area contributed by atoms with Crippen LogP contribution in [-0.4, -0.2) is 37.6 Å². The molecule has 140 valence electrons. The maximum absolute atomic E-state index is 12.3. The minimum absolute atomic E-state index is 0.274. The van der Waals surface area contributed by atoms with Crippen LogP contribution in [0.5, 0.6) is 0 Å². The number of aromatic nitrogens is 2. The van der Waals surface area contributed by atoms with E-state index < -0.39 is 19.1 Å². The molecule has 1 atom stereocenters. The van der Waals surface area contributed by atoms with Crippen molar-refractivity contribution < 1.29 is 40.8 Å². The highest BCUT2D eigenvalue weighted by Gasteiger charge is 2.50. The number of rotatable bonds is 8. The fourth-order valence-corrected chi connectivity index (χ4v) is 1.70. The van der Waals surface area contributed by atoms with E-state index in [1.807, 2.05) is 31.7 Å². The van der Waals surface area contributed by atoms with Crippen molar-refractivity contribution in [3.05, 3.63) is 18.7 Å². The van der Waals surface area contributed by atoms with Gasteiger partial charge in [0, 0.05) is 0 Å². The van der Waals surface area contributed by atoms with E-state index in [-0.39, 0.29) is 6.61 Å². The molecule has 1 unspecified atom stereocenters. The Bertz CT molecular complexity index is 493. The average Bonchev–Trinajstić information content (AvgIpc) is 2.89. The Hall–Kier alpha value is -1.62. The zero-order chi connectivity index (χ0) is 18.8. The second-order valence-corrected chi connectivity index (χ2v) is 4.57. The van der Waals surface area contributed by atoms with E-state index in [0.29, 0.717) is 13.2 Å². The molecule has 0 aromatic carbocycles. The fraction of sp³-hybridized carbons (Fsp3) is 0.692. The molecule has 0 aliphatic rings. The van der Waals surface area contributed by atoms with Crippen LogP contribution in [0.3, 0.4) is 0 Å². The van der Waals surface area contributed by atoms with Gasteiger partial charge in [-0.05, 0) is 20.3 Å². The average molecular weight is 358 g/mol. The molecule has 0 aliphatic heterocycles. The molecule has 0 bridgehead atoms. The molecule has 1 aromatic heterocycles. The number of carbonyl (C=O) groups excluding carboxylic acids is 1. The van der Waals surface area contributed by atoms with Gasteiger partial charge in [0.05, 0.1) is 26.9 Å². The Labute approximate surface area is 138 Å². The lowest BCUT2D eigenvalue weighted by Crippen LogP contribution is -2.48. The van der Waals surface area contributed by atoms with Gasteiger partial charge in [-0.25, -0.2) is 9.36 Å². The summed E-state index contributed by atoms with van der Waals surface area (Å²) in [6.45, 7) is 6.55. The van der Waals surface area contributed by atoms with Crippen LogP contribution in [0.15, 0.2) is 18.7 Å². The SMILES string of the molecule is CCCOC(OCC)(C(=O)OCC)n1cc[n+](C)c1.F[B-](F)(F)F. The first-order valence-corrected chi connectivity index (χ1v) is 7.46. The predicted molar refractivity (Wildman–Crippen MR) is 78.3 cm³/mol. The first kappa shape index (κ1) is 22.4. The van der Waals surface area contributed by atoms with Crippen LogP contribution >= 0.6 is 0 Å². The Balaban J connectivity index is 0.000000922. The van der Waals surface area contributed by atoms with Crippen LogP contribution in [0, 0.1) is 0 Å². The van der Waals surface area contributed by atoms with Crippen LogP contribution < -0.4 is 4.57 Å². The molecule has 0 radical (unpaired) electrons. The molecule has 0 spiro atoms. The standard InChI is InChI=1S/C13H23N2O4.BF4/c1-5-10-19-13(18-7-3,12(16)17-6-2)15-9-8-14(4)11-15;2-1(3,4)5/h8-9,11H,5-7,10H2,1-4H3;/q+1;-1. The lowest BCUT2D eigenvalue weighted by Gasteiger charge is -2.26. The number of halogens is 4. The summed E-state index contributed by atoms with van der Waals surface area (Å²) in [5, 5.41) is 0. The van der Waals surface area contributed by atoms with Crippen molar-refractivity contribution in [2.24, 2.45) is 7.05 Å². The molecular formula is C13H23BF4N2O4. The smallest absolute Gasteiger partial charge is 0.459 e. The maximum Gasteiger partial charge on any atom is 0.673 e. The van der Waals surface area contributed by atoms with Gasteiger partial charge in [0.15, 0.2) is 0 Å². The van der Waals surface area contributed by atoms with Gasteiger partial charge in [-0.2, -0.15) is 4.57 Å². The number of imidazole rings is 1. The van der Waals surface area contributed by atoms with Crippen LogP contribution in [-0.2, 0) is 32.0 Å². The molecule has 1 heterocycles. The number of hydrogen-bond acceptors (Lipinski definition) is 4. The number of ether oxygens (including phenoxy) is 3. The van der Waals surface area contributed by atoms with Gasteiger partial charge in [-0.3, -0.25) is 0 Å². The number of aryl methyl sites for hydroxylation is 1. The summed E-state index contributed by atoms with van der Waals surface area (Å²) < 4.78 is 58.8. The van der Waals surface area contributed by atoms with Gasteiger partial charge in [0.1, 0.15) is 12.4 Å². The third-order valence-electron chi connectivity index (χ3n) is 2.48. The number of carbonyl (C=O) groups is 1. The maximum atomic E-state index is 12.3. The summed E-state index contributed by atoms with van der Waals surface area (Å²) in [4.78, 5) is 12.3. The van der Waals surface area contributed by atoms with Gasteiger partial charge in [-0.15, -0.1) is 0 Å². The van der Waals surface area contributed by atoms with Crippen LogP contribution in [0.4, 0.5) is 17.3 Å². The largest absolute Gasteiger partial charge is 0.673 e. The van der Waals surface area contributed by atoms with Gasteiger partial charge in [-0.1, -0.05) is 6.92 Å². The van der Waals surface area contributed by atoms with Gasteiger partial charge in [0.25, 0.3) is 0 Å². The molecule has 0 saturated carbocycles. The van der Waals surface area contributed by atoms with Gasteiger partial charge in [0.2, 0.25) is 6.33 Å². The van der Waals surface area contributed by atoms with Gasteiger partial charge < -0.3 is 31.5 Å². The highest BCUT2D eigenvalue weighted by atomic mass is 19.5. The number of esters is 1. The third kappa shape index (κ3) is 7.78. The van der Waals surface area contributed by atoms with Crippen molar-refractivity contribution in [2.75, 3.05) is 19.8 Å². The summed E-state index contributed by atoms with van der Waals surface area (Å²) in [5.41, 5.74) is 0. The van der Waals surface area contributed by atoms with Crippen LogP contribution in [0.2, 0.25) is 0 Å². The monoisotopic (exact) mass is 358 g/mol. The Morgan fingerprint density at radius 2 is 1.75 bits per heavy atom. The van der Waals surface area contributed by atoms with Crippen molar-refractivity contribution in [2.45, 2.75) is 33.1 Å². The number of nitrogens with zero attached hydrogens (tertiary/aromatic N) is 2. The molecule has 0 fully saturated rings. The lowest BCUT2D eigenvalue weighted by atomic mass is 10.3. The zero-order valence-corrected chi connectivity index (χ0v) is 14.2. The molecule has 0 N–H and O–H groups in total. The molecule has 11 heteroatoms. The zero-order valence-electron chi connectivity index (χ0n) is 14.2. The summed E-state index contributed by atoms with van der Waals surface area (Å²) >= 11 is 0. The minimum atomic E-state index is -6.00. The highest BCUT2D eigenvalue weighted by molar-refractivity contribution is 6.50. The minimum Gasteiger partial charge on any atom is -0.459 e. The fourth-order valence-electron chi connectivity index (χ4n) is 1.70. The quantitative estimate of drug-likeness (QED) is 0.235. The van der Waals surface area contributed by atoms with Crippen molar-refractivity contribution in [3.63, 3.8) is 0 Å². The van der Waals surface area contributed by atoms with Crippen molar-refractivity contribution in [1.29, 1.82) is 0 Å². The second-order valence-electron chi connectivity index (χ2n) is 4.57. The normalized spacial score (nSPS) is 13.7. The summed E-state index contributed by atoms with van der Waals surface area (Å²) in [7, 11) is -4.14. The molecular weight excluding hydrogens is 335 g/mol. The molecule has 1 rings (SSSR count). The molecule has 0 amide bonds. The van der Waals surface area contributed by atoms with E-state index in [9.17, 15) is 22.1 Å². The van der Waals surface area contributed by atoms with Crippen molar-refractivity contribution in [1.82, 2.24) is 4.57 Å². The van der Waals surface area contributed by atoms with E-state index in [1.54, 1.807) is 24.0 Å². The first-order valence-electron chi connectivity index (χ1n) is 7.46. The second kappa shape index (κ2) is 10.3. The third-order valence-corrected chi connectivity index (χ3v) is 2.48. The Morgan fingerprint density at radius 1 is 1.17 bits per heavy atom. The lowest BCUT2D eigenvalue weighted by molar-refractivity contribution is -0.671. The summed E-state index contributed by atoms with van der Waals surface area (Å²) in [6.07, 6.45) is 6.04. The van der Waals surface area contributed by atoms with E-state index in [4.69, 9.17) is 14.2 Å². The molecule has 0 aliphatic carbocycles. The summed E-state index contributed by atoms with van der Waals surface area (Å²) in [5.74, 6) is -2.08. The van der Waals surface area contributed by atoms with Crippen LogP contribution in [0.25, 0.3) is 0 Å². The van der Waals surface area contributed by atoms with E-state index in [1.165, 1.54) is 0 Å². The Morgan fingerprint density at radius 3 is 2.12 bits per heavy atom. The van der Waals surface area contributed by atoms with E-state index in [0.717, 1.165) is 6.42 Å². The topological polar surface area (TPSA) is 53.6 Å². The molecule has 24 heavy (non-hydrogen) atoms. The molecule has 1 aromatic rings. The van der Waals surface area contributed by atoms with Crippen molar-refractivity contribution >= 4 is 13.2 Å². The molecule has 0 saturated heterocycles. The number of hydrogen-bond donors (Lipinski definition) is 0. The predicted octanol–water partition coefficient (Wildman–Crippen LogP) is 2.25. The van der Waals surface area contributed by atoms with Gasteiger partial charge >= 0.3 is 19.1 Å². The molecule has 6 nitrogen and oxygen atoms in total. The van der Waals surface area contributed by atoms with Crippen LogP contribution in [0.1, 0.15) is 27.2 Å². The van der Waals surface area contributed by atoms with E-state index in [2.05, 4.69) is 0 Å². The Kier molecular flexibility index (Phi) is 9.60.